The molecule has 0 unspecified atom stereocenters. The van der Waals surface area contributed by atoms with E-state index in [1.54, 1.807) is 6.26 Å². The highest BCUT2D eigenvalue weighted by molar-refractivity contribution is 5.39. The minimum absolute atomic E-state index is 0.658. The molecule has 2 heterocycles. The van der Waals surface area contributed by atoms with E-state index < -0.39 is 0 Å². The van der Waals surface area contributed by atoms with E-state index in [0.717, 1.165) is 24.5 Å². The third kappa shape index (κ3) is 2.90. The zero-order valence-electron chi connectivity index (χ0n) is 10.9. The molecule has 0 saturated carbocycles. The van der Waals surface area contributed by atoms with Crippen LogP contribution in [0, 0.1) is 6.92 Å². The van der Waals surface area contributed by atoms with E-state index in [1.165, 1.54) is 11.1 Å². The van der Waals surface area contributed by atoms with Gasteiger partial charge in [-0.15, -0.1) is 0 Å². The van der Waals surface area contributed by atoms with E-state index in [2.05, 4.69) is 16.0 Å². The average molecular weight is 245 g/mol. The van der Waals surface area contributed by atoms with Crippen molar-refractivity contribution in [3.63, 3.8) is 0 Å². The molecule has 2 aromatic heterocycles. The first-order chi connectivity index (χ1) is 8.70. The van der Waals surface area contributed by atoms with Gasteiger partial charge in [-0.05, 0) is 37.6 Å². The van der Waals surface area contributed by atoms with Crippen LogP contribution in [0.1, 0.15) is 16.9 Å². The van der Waals surface area contributed by atoms with Gasteiger partial charge in [0.05, 0.1) is 6.26 Å². The largest absolute Gasteiger partial charge is 0.469 e. The molecule has 0 aliphatic heterocycles. The molecule has 2 aromatic rings. The first kappa shape index (κ1) is 12.6. The summed E-state index contributed by atoms with van der Waals surface area (Å²) >= 11 is 0. The fourth-order valence-corrected chi connectivity index (χ4v) is 1.87. The summed E-state index contributed by atoms with van der Waals surface area (Å²) in [7, 11) is 2.03. The molecule has 0 fully saturated rings. The minimum atomic E-state index is 0.658. The number of rotatable bonds is 5. The summed E-state index contributed by atoms with van der Waals surface area (Å²) in [6, 6.07) is 6.10. The summed E-state index contributed by atoms with van der Waals surface area (Å²) in [5.74, 6) is 1.91. The average Bonchev–Trinajstić information content (AvgIpc) is 2.76. The Labute approximate surface area is 107 Å². The van der Waals surface area contributed by atoms with Crippen LogP contribution in [0.4, 0.5) is 5.82 Å². The molecule has 4 heteroatoms. The highest BCUT2D eigenvalue weighted by atomic mass is 16.3. The molecule has 4 nitrogen and oxygen atoms in total. The van der Waals surface area contributed by atoms with Crippen LogP contribution in [0.15, 0.2) is 35.1 Å². The maximum atomic E-state index is 5.52. The molecule has 0 aliphatic rings. The van der Waals surface area contributed by atoms with Gasteiger partial charge in [-0.2, -0.15) is 0 Å². The van der Waals surface area contributed by atoms with E-state index in [0.29, 0.717) is 6.54 Å². The summed E-state index contributed by atoms with van der Waals surface area (Å²) in [6.07, 6.45) is 4.48. The van der Waals surface area contributed by atoms with Crippen molar-refractivity contribution in [2.75, 3.05) is 18.5 Å². The van der Waals surface area contributed by atoms with Crippen LogP contribution >= 0.6 is 0 Å². The quantitative estimate of drug-likeness (QED) is 0.876. The summed E-state index contributed by atoms with van der Waals surface area (Å²) in [5.41, 5.74) is 7.88. The first-order valence-electron chi connectivity index (χ1n) is 6.10. The molecule has 96 valence electrons. The Bertz CT molecular complexity index is 490. The lowest BCUT2D eigenvalue weighted by molar-refractivity contribution is 0.529. The number of furan rings is 1. The molecule has 0 aromatic carbocycles. The van der Waals surface area contributed by atoms with E-state index >= 15 is 0 Å². The maximum absolute atomic E-state index is 5.52. The number of aryl methyl sites for hydroxylation is 1. The van der Waals surface area contributed by atoms with Crippen LogP contribution < -0.4 is 10.6 Å². The molecule has 0 saturated heterocycles. The molecule has 2 rings (SSSR count). The fourth-order valence-electron chi connectivity index (χ4n) is 1.87. The topological polar surface area (TPSA) is 55.3 Å². The van der Waals surface area contributed by atoms with Crippen molar-refractivity contribution >= 4 is 5.82 Å². The Morgan fingerprint density at radius 2 is 2.17 bits per heavy atom. The molecular formula is C14H19N3O. The highest BCUT2D eigenvalue weighted by Gasteiger charge is 2.07. The normalized spacial score (nSPS) is 10.6. The number of pyridine rings is 1. The van der Waals surface area contributed by atoms with Gasteiger partial charge in [0.2, 0.25) is 0 Å². The van der Waals surface area contributed by atoms with Crippen LogP contribution in [0.5, 0.6) is 0 Å². The summed E-state index contributed by atoms with van der Waals surface area (Å²) in [6.45, 7) is 3.43. The summed E-state index contributed by atoms with van der Waals surface area (Å²) in [5, 5.41) is 0. The second-order valence-electron chi connectivity index (χ2n) is 4.42. The van der Waals surface area contributed by atoms with Gasteiger partial charge >= 0.3 is 0 Å². The van der Waals surface area contributed by atoms with E-state index in [9.17, 15) is 0 Å². The third-order valence-electron chi connectivity index (χ3n) is 3.01. The smallest absolute Gasteiger partial charge is 0.128 e. The van der Waals surface area contributed by atoms with Crippen LogP contribution in [0.2, 0.25) is 0 Å². The van der Waals surface area contributed by atoms with Gasteiger partial charge in [0.15, 0.2) is 0 Å². The Balaban J connectivity index is 2.04. The van der Waals surface area contributed by atoms with Crippen molar-refractivity contribution < 1.29 is 4.42 Å². The van der Waals surface area contributed by atoms with E-state index in [1.807, 2.05) is 32.3 Å². The first-order valence-corrected chi connectivity index (χ1v) is 6.10. The van der Waals surface area contributed by atoms with E-state index in [-0.39, 0.29) is 0 Å². The number of hydrogen-bond donors (Lipinski definition) is 1. The third-order valence-corrected chi connectivity index (χ3v) is 3.01. The van der Waals surface area contributed by atoms with Gasteiger partial charge in [-0.25, -0.2) is 4.98 Å². The van der Waals surface area contributed by atoms with Crippen molar-refractivity contribution in [3.05, 3.63) is 47.5 Å². The molecule has 2 N–H and O–H groups in total. The lowest BCUT2D eigenvalue weighted by Crippen LogP contribution is -2.17. The van der Waals surface area contributed by atoms with Gasteiger partial charge in [0.25, 0.3) is 0 Å². The SMILES string of the molecule is Cc1occc1CN(C)c1ccc(CCN)cn1. The Morgan fingerprint density at radius 3 is 2.72 bits per heavy atom. The molecule has 0 aliphatic carbocycles. The van der Waals surface area contributed by atoms with Crippen molar-refractivity contribution in [2.24, 2.45) is 5.73 Å². The van der Waals surface area contributed by atoms with Crippen molar-refractivity contribution in [1.29, 1.82) is 0 Å². The van der Waals surface area contributed by atoms with Crippen LogP contribution in [0.25, 0.3) is 0 Å². The van der Waals surface area contributed by atoms with Crippen molar-refractivity contribution in [3.8, 4) is 0 Å². The standard InChI is InChI=1S/C14H19N3O/c1-11-13(6-8-18-11)10-17(2)14-4-3-12(5-7-15)9-16-14/h3-4,6,8-9H,5,7,10,15H2,1-2H3. The van der Waals surface area contributed by atoms with Gasteiger partial charge < -0.3 is 15.1 Å². The monoisotopic (exact) mass is 245 g/mol. The summed E-state index contributed by atoms with van der Waals surface area (Å²) < 4.78 is 5.29. The van der Waals surface area contributed by atoms with Gasteiger partial charge in [-0.3, -0.25) is 0 Å². The number of nitrogens with two attached hydrogens (primary N) is 1. The number of nitrogens with zero attached hydrogens (tertiary/aromatic N) is 2. The van der Waals surface area contributed by atoms with Crippen LogP contribution in [-0.2, 0) is 13.0 Å². The molecule has 0 bridgehead atoms. The highest BCUT2D eigenvalue weighted by Crippen LogP contribution is 2.16. The zero-order chi connectivity index (χ0) is 13.0. The Kier molecular flexibility index (Phi) is 3.99. The Morgan fingerprint density at radius 1 is 1.33 bits per heavy atom. The molecular weight excluding hydrogens is 226 g/mol. The lowest BCUT2D eigenvalue weighted by Gasteiger charge is -2.17. The molecule has 18 heavy (non-hydrogen) atoms. The zero-order valence-corrected chi connectivity index (χ0v) is 10.9. The second kappa shape index (κ2) is 5.69. The predicted octanol–water partition coefficient (Wildman–Crippen LogP) is 2.12. The minimum Gasteiger partial charge on any atom is -0.469 e. The van der Waals surface area contributed by atoms with Gasteiger partial charge in [0, 0.05) is 25.4 Å². The predicted molar refractivity (Wildman–Crippen MR) is 72.5 cm³/mol. The maximum Gasteiger partial charge on any atom is 0.128 e. The number of hydrogen-bond acceptors (Lipinski definition) is 4. The number of anilines is 1. The molecule has 0 amide bonds. The summed E-state index contributed by atoms with van der Waals surface area (Å²) in [4.78, 5) is 6.55. The van der Waals surface area contributed by atoms with Gasteiger partial charge in [-0.1, -0.05) is 6.07 Å². The number of aromatic nitrogens is 1. The molecule has 0 radical (unpaired) electrons. The van der Waals surface area contributed by atoms with E-state index in [4.69, 9.17) is 10.2 Å². The fraction of sp³-hybridized carbons (Fsp3) is 0.357. The molecule has 0 spiro atoms. The molecule has 0 atom stereocenters. The van der Waals surface area contributed by atoms with Crippen LogP contribution in [0.3, 0.4) is 0 Å². The van der Waals surface area contributed by atoms with Crippen molar-refractivity contribution in [2.45, 2.75) is 19.9 Å². The second-order valence-corrected chi connectivity index (χ2v) is 4.42. The van der Waals surface area contributed by atoms with Gasteiger partial charge in [0.1, 0.15) is 11.6 Å². The van der Waals surface area contributed by atoms with Crippen LogP contribution in [-0.4, -0.2) is 18.6 Å². The van der Waals surface area contributed by atoms with Crippen molar-refractivity contribution in [1.82, 2.24) is 4.98 Å². The lowest BCUT2D eigenvalue weighted by atomic mass is 10.2. The Hall–Kier alpha value is -1.81.